The van der Waals surface area contributed by atoms with E-state index in [4.69, 9.17) is 0 Å². The first kappa shape index (κ1) is 25.5. The number of aromatic hydroxyl groups is 1. The van der Waals surface area contributed by atoms with E-state index in [1.165, 1.54) is 4.31 Å². The molecule has 0 atom stereocenters. The zero-order valence-electron chi connectivity index (χ0n) is 21.3. The molecule has 0 saturated heterocycles. The summed E-state index contributed by atoms with van der Waals surface area (Å²) in [5, 5.41) is 21.6. The van der Waals surface area contributed by atoms with E-state index in [1.54, 1.807) is 43.7 Å². The molecule has 2 aromatic heterocycles. The second kappa shape index (κ2) is 10.3. The van der Waals surface area contributed by atoms with Crippen LogP contribution in [0.15, 0.2) is 82.1 Å². The number of likely N-dealkylation sites (N-methyl/N-ethyl adjacent to an activating group) is 2. The zero-order valence-corrected chi connectivity index (χ0v) is 22.1. The minimum atomic E-state index is -3.69. The fraction of sp³-hybridized carbons (Fsp3) is 0.179. The monoisotopic (exact) mass is 528 g/mol. The zero-order chi connectivity index (χ0) is 26.9. The molecule has 3 heterocycles. The molecule has 1 aliphatic rings. The summed E-state index contributed by atoms with van der Waals surface area (Å²) in [6, 6.07) is 14.4. The number of rotatable bonds is 8. The van der Waals surface area contributed by atoms with Crippen LogP contribution in [-0.4, -0.2) is 66.9 Å². The average molecular weight is 529 g/mol. The molecule has 0 radical (unpaired) electrons. The second-order valence-corrected chi connectivity index (χ2v) is 11.4. The number of hydrogen-bond donors (Lipinski definition) is 2. The Morgan fingerprint density at radius 2 is 1.74 bits per heavy atom. The lowest BCUT2D eigenvalue weighted by molar-refractivity contribution is 0.358. The number of aromatic nitrogens is 2. The van der Waals surface area contributed by atoms with Gasteiger partial charge in [0.05, 0.1) is 16.3 Å². The van der Waals surface area contributed by atoms with E-state index in [2.05, 4.69) is 20.2 Å². The molecule has 0 spiro atoms. The van der Waals surface area contributed by atoms with Crippen molar-refractivity contribution in [1.82, 2.24) is 19.2 Å². The van der Waals surface area contributed by atoms with Crippen molar-refractivity contribution in [2.75, 3.05) is 34.2 Å². The van der Waals surface area contributed by atoms with Crippen LogP contribution in [0, 0.1) is 0 Å². The lowest BCUT2D eigenvalue weighted by atomic mass is 10.1. The van der Waals surface area contributed by atoms with Gasteiger partial charge in [0, 0.05) is 54.2 Å². The van der Waals surface area contributed by atoms with Crippen LogP contribution in [-0.2, 0) is 10.0 Å². The predicted molar refractivity (Wildman–Crippen MR) is 149 cm³/mol. The number of sulfonamides is 1. The maximum Gasteiger partial charge on any atom is 0.242 e. The minimum absolute atomic E-state index is 0.0369. The van der Waals surface area contributed by atoms with Crippen molar-refractivity contribution in [3.8, 4) is 5.88 Å². The molecule has 0 fully saturated rings. The van der Waals surface area contributed by atoms with Gasteiger partial charge in [0.1, 0.15) is 0 Å². The fourth-order valence-corrected chi connectivity index (χ4v) is 5.35. The third kappa shape index (κ3) is 5.14. The molecule has 0 unspecified atom stereocenters. The Kier molecular flexibility index (Phi) is 6.94. The molecule has 38 heavy (non-hydrogen) atoms. The summed E-state index contributed by atoms with van der Waals surface area (Å²) >= 11 is 0. The highest BCUT2D eigenvalue weighted by atomic mass is 32.2. The van der Waals surface area contributed by atoms with Crippen molar-refractivity contribution in [3.05, 3.63) is 88.6 Å². The third-order valence-corrected chi connectivity index (χ3v) is 8.23. The molecule has 4 aromatic rings. The van der Waals surface area contributed by atoms with Crippen molar-refractivity contribution in [2.24, 2.45) is 10.2 Å². The highest BCUT2D eigenvalue weighted by Crippen LogP contribution is 2.30. The van der Waals surface area contributed by atoms with Crippen LogP contribution < -0.4 is 10.4 Å². The van der Waals surface area contributed by atoms with Gasteiger partial charge in [-0.2, -0.15) is 4.31 Å². The molecule has 194 valence electrons. The van der Waals surface area contributed by atoms with Gasteiger partial charge in [0.25, 0.3) is 0 Å². The third-order valence-electron chi connectivity index (χ3n) is 6.37. The first-order valence-electron chi connectivity index (χ1n) is 12.0. The van der Waals surface area contributed by atoms with Crippen molar-refractivity contribution in [1.29, 1.82) is 0 Å². The molecule has 1 aliphatic heterocycles. The maximum atomic E-state index is 13.2. The van der Waals surface area contributed by atoms with Crippen LogP contribution in [0.1, 0.15) is 11.1 Å². The van der Waals surface area contributed by atoms with E-state index in [0.717, 1.165) is 27.4 Å². The van der Waals surface area contributed by atoms with Gasteiger partial charge in [-0.3, -0.25) is 4.98 Å². The van der Waals surface area contributed by atoms with Gasteiger partial charge in [-0.25, -0.2) is 8.42 Å². The number of aromatic amines is 1. The quantitative estimate of drug-likeness (QED) is 0.365. The van der Waals surface area contributed by atoms with Crippen molar-refractivity contribution >= 4 is 44.5 Å². The molecular weight excluding hydrogens is 500 g/mol. The van der Waals surface area contributed by atoms with Crippen LogP contribution in [0.3, 0.4) is 0 Å². The maximum absolute atomic E-state index is 13.2. The molecule has 9 nitrogen and oxygen atoms in total. The minimum Gasteiger partial charge on any atom is -0.494 e. The molecular formula is C28H28N6O3S. The van der Waals surface area contributed by atoms with Crippen LogP contribution in [0.4, 0.5) is 5.69 Å². The Bertz CT molecular complexity index is 1790. The number of hydrogen-bond acceptors (Lipinski definition) is 7. The van der Waals surface area contributed by atoms with E-state index in [1.807, 2.05) is 61.5 Å². The Labute approximate surface area is 220 Å². The first-order chi connectivity index (χ1) is 18.2. The van der Waals surface area contributed by atoms with Crippen LogP contribution in [0.25, 0.3) is 28.8 Å². The van der Waals surface area contributed by atoms with Gasteiger partial charge in [-0.15, -0.1) is 10.2 Å². The number of nitrogens with zero attached hydrogens (tertiary/aromatic N) is 5. The molecule has 0 bridgehead atoms. The summed E-state index contributed by atoms with van der Waals surface area (Å²) < 4.78 is 27.7. The van der Waals surface area contributed by atoms with Gasteiger partial charge in [-0.05, 0) is 79.5 Å². The molecule has 0 amide bonds. The summed E-state index contributed by atoms with van der Waals surface area (Å²) in [7, 11) is 1.68. The Morgan fingerprint density at radius 3 is 2.50 bits per heavy atom. The normalized spacial score (nSPS) is 14.0. The summed E-state index contributed by atoms with van der Waals surface area (Å²) in [6.07, 6.45) is 9.15. The second-order valence-electron chi connectivity index (χ2n) is 9.34. The van der Waals surface area contributed by atoms with Gasteiger partial charge in [0.15, 0.2) is 5.88 Å². The molecule has 0 saturated carbocycles. The van der Waals surface area contributed by atoms with Gasteiger partial charge in [0.2, 0.25) is 10.0 Å². The van der Waals surface area contributed by atoms with E-state index in [0.29, 0.717) is 29.6 Å². The largest absolute Gasteiger partial charge is 0.494 e. The summed E-state index contributed by atoms with van der Waals surface area (Å²) in [5.41, 5.74) is 3.64. The van der Waals surface area contributed by atoms with Crippen LogP contribution in [0.2, 0.25) is 0 Å². The van der Waals surface area contributed by atoms with E-state index >= 15 is 0 Å². The summed E-state index contributed by atoms with van der Waals surface area (Å²) in [6.45, 7) is 0.974. The Balaban J connectivity index is 1.50. The molecule has 2 N–H and O–H groups in total. The highest BCUT2D eigenvalue weighted by molar-refractivity contribution is 7.89. The average Bonchev–Trinajstić information content (AvgIpc) is 3.45. The Hall–Kier alpha value is -4.12. The molecule has 0 aliphatic carbocycles. The number of benzene rings is 2. The van der Waals surface area contributed by atoms with Crippen LogP contribution in [0.5, 0.6) is 5.88 Å². The number of H-pyrrole nitrogens is 1. The van der Waals surface area contributed by atoms with Gasteiger partial charge in [-0.1, -0.05) is 12.1 Å². The van der Waals surface area contributed by atoms with E-state index in [9.17, 15) is 13.5 Å². The van der Waals surface area contributed by atoms with Crippen molar-refractivity contribution < 1.29 is 13.5 Å². The summed E-state index contributed by atoms with van der Waals surface area (Å²) in [4.78, 5) is 9.06. The lowest BCUT2D eigenvalue weighted by Gasteiger charge is -2.19. The SMILES string of the molecule is CN(C)CCN(C)S(=O)(=O)c1ccc2[nH]c(O)c(C=c3ccc4c(c3)N=NC=4/C=C/c3ccncc3)c2c1. The number of nitrogens with one attached hydrogen (secondary N) is 1. The fourth-order valence-electron chi connectivity index (χ4n) is 4.16. The molecule has 2 aromatic carbocycles. The van der Waals surface area contributed by atoms with Gasteiger partial charge < -0.3 is 15.0 Å². The van der Waals surface area contributed by atoms with Crippen molar-refractivity contribution in [2.45, 2.75) is 4.90 Å². The first-order valence-corrected chi connectivity index (χ1v) is 13.5. The number of pyridine rings is 1. The van der Waals surface area contributed by atoms with Gasteiger partial charge >= 0.3 is 0 Å². The molecule has 10 heteroatoms. The Morgan fingerprint density at radius 1 is 0.947 bits per heavy atom. The number of azo groups is 1. The van der Waals surface area contributed by atoms with E-state index < -0.39 is 10.0 Å². The summed E-state index contributed by atoms with van der Waals surface area (Å²) in [5.74, 6) is -0.0369. The molecule has 5 rings (SSSR count). The number of fused-ring (bicyclic) bond motifs is 2. The lowest BCUT2D eigenvalue weighted by Crippen LogP contribution is -2.33. The van der Waals surface area contributed by atoms with Crippen LogP contribution >= 0.6 is 0 Å². The topological polar surface area (TPSA) is 114 Å². The smallest absolute Gasteiger partial charge is 0.242 e. The predicted octanol–water partition coefficient (Wildman–Crippen LogP) is 3.20. The van der Waals surface area contributed by atoms with E-state index in [-0.39, 0.29) is 10.8 Å². The standard InChI is InChI=1S/C28H28N6O3S/c1-33(2)14-15-34(3)38(36,37)21-6-9-25-23(18-21)24(28(35)30-25)16-20-4-7-22-26(31-32-27(22)17-20)8-5-19-10-12-29-13-11-19/h4-13,16-18,30,35H,14-15H2,1-3H3/b8-5+,20-16?. The van der Waals surface area contributed by atoms with Crippen molar-refractivity contribution in [3.63, 3.8) is 0 Å². The highest BCUT2D eigenvalue weighted by Gasteiger charge is 2.22.